The van der Waals surface area contributed by atoms with E-state index >= 15 is 0 Å². The molecule has 2 aliphatic rings. The lowest BCUT2D eigenvalue weighted by molar-refractivity contribution is -0.261. The maximum atomic E-state index is 13.9. The van der Waals surface area contributed by atoms with Gasteiger partial charge >= 0.3 is 6.18 Å². The molecule has 2 aromatic carbocycles. The lowest BCUT2D eigenvalue weighted by atomic mass is 9.89. The van der Waals surface area contributed by atoms with Crippen molar-refractivity contribution < 1.29 is 27.9 Å². The van der Waals surface area contributed by atoms with E-state index in [0.717, 1.165) is 55.1 Å². The van der Waals surface area contributed by atoms with Gasteiger partial charge in [0.15, 0.2) is 0 Å². The van der Waals surface area contributed by atoms with Crippen LogP contribution in [-0.2, 0) is 10.4 Å². The average molecular weight is 552 g/mol. The predicted octanol–water partition coefficient (Wildman–Crippen LogP) is 4.95. The molecule has 1 spiro atoms. The number of carbonyl (C=O) groups excluding carboxylic acids is 2. The number of alkyl halides is 3. The van der Waals surface area contributed by atoms with Gasteiger partial charge in [-0.25, -0.2) is 0 Å². The predicted molar refractivity (Wildman–Crippen MR) is 140 cm³/mol. The number of hydrogen-bond donors (Lipinski definition) is 1. The standard InChI is InChI=1S/C28H33ClF3N3O3/c1-33(2)24(36)22-10-9-21(17-23(22)29)35-15-12-26(13-16-35)18-20(26)11-14-34(3)25(37)27(38,28(30,31)32)19-7-5-4-6-8-19/h4-10,17,20,38H,11-16,18H2,1-3H3/t20-,27-/m1/s1. The van der Waals surface area contributed by atoms with Crippen LogP contribution < -0.4 is 4.90 Å². The van der Waals surface area contributed by atoms with Gasteiger partial charge in [0.2, 0.25) is 0 Å². The Kier molecular flexibility index (Phi) is 7.74. The third-order valence-electron chi connectivity index (χ3n) is 8.14. The van der Waals surface area contributed by atoms with Crippen LogP contribution in [0.15, 0.2) is 48.5 Å². The van der Waals surface area contributed by atoms with Crippen molar-refractivity contribution in [1.82, 2.24) is 9.80 Å². The highest BCUT2D eigenvalue weighted by Crippen LogP contribution is 2.61. The van der Waals surface area contributed by atoms with Crippen LogP contribution in [0.1, 0.15) is 41.6 Å². The highest BCUT2D eigenvalue weighted by Gasteiger charge is 2.62. The molecule has 2 fully saturated rings. The molecule has 10 heteroatoms. The first-order valence-electron chi connectivity index (χ1n) is 12.7. The summed E-state index contributed by atoms with van der Waals surface area (Å²) in [5.41, 5.74) is -2.53. The summed E-state index contributed by atoms with van der Waals surface area (Å²) in [4.78, 5) is 29.8. The Morgan fingerprint density at radius 3 is 2.26 bits per heavy atom. The molecular formula is C28H33ClF3N3O3. The molecule has 38 heavy (non-hydrogen) atoms. The summed E-state index contributed by atoms with van der Waals surface area (Å²) in [5.74, 6) is -1.20. The van der Waals surface area contributed by atoms with Crippen LogP contribution in [0, 0.1) is 11.3 Å². The molecule has 0 aromatic heterocycles. The van der Waals surface area contributed by atoms with Crippen molar-refractivity contribution in [2.75, 3.05) is 45.7 Å². The normalized spacial score (nSPS) is 20.1. The van der Waals surface area contributed by atoms with E-state index < -0.39 is 23.2 Å². The van der Waals surface area contributed by atoms with E-state index in [0.29, 0.717) is 22.9 Å². The quantitative estimate of drug-likeness (QED) is 0.529. The monoisotopic (exact) mass is 551 g/mol. The molecule has 206 valence electrons. The van der Waals surface area contributed by atoms with E-state index in [9.17, 15) is 27.9 Å². The number of carbonyl (C=O) groups is 2. The zero-order chi connectivity index (χ0) is 27.9. The van der Waals surface area contributed by atoms with E-state index in [1.165, 1.54) is 30.1 Å². The van der Waals surface area contributed by atoms with Gasteiger partial charge in [0.25, 0.3) is 17.4 Å². The molecule has 1 saturated heterocycles. The second-order valence-electron chi connectivity index (χ2n) is 10.7. The van der Waals surface area contributed by atoms with Crippen LogP contribution in [0.5, 0.6) is 0 Å². The van der Waals surface area contributed by atoms with Gasteiger partial charge in [0.05, 0.1) is 10.6 Å². The molecule has 6 nitrogen and oxygen atoms in total. The number of aliphatic hydroxyl groups is 1. The summed E-state index contributed by atoms with van der Waals surface area (Å²) in [7, 11) is 4.67. The smallest absolute Gasteiger partial charge is 0.371 e. The maximum absolute atomic E-state index is 13.9. The lowest BCUT2D eigenvalue weighted by Crippen LogP contribution is -2.55. The molecular weight excluding hydrogens is 519 g/mol. The van der Waals surface area contributed by atoms with Gasteiger partial charge in [-0.15, -0.1) is 0 Å². The molecule has 0 radical (unpaired) electrons. The minimum atomic E-state index is -5.14. The number of piperidine rings is 1. The highest BCUT2D eigenvalue weighted by molar-refractivity contribution is 6.34. The first kappa shape index (κ1) is 28.2. The number of benzene rings is 2. The Morgan fingerprint density at radius 2 is 1.71 bits per heavy atom. The van der Waals surface area contributed by atoms with E-state index in [1.54, 1.807) is 20.2 Å². The van der Waals surface area contributed by atoms with Crippen LogP contribution in [0.2, 0.25) is 5.02 Å². The fourth-order valence-corrected chi connectivity index (χ4v) is 5.85. The summed E-state index contributed by atoms with van der Waals surface area (Å²) in [6, 6.07) is 12.0. The molecule has 1 heterocycles. The summed E-state index contributed by atoms with van der Waals surface area (Å²) >= 11 is 6.38. The molecule has 2 atom stereocenters. The van der Waals surface area contributed by atoms with Crippen molar-refractivity contribution in [2.24, 2.45) is 11.3 Å². The fraction of sp³-hybridized carbons (Fsp3) is 0.500. The SMILES string of the molecule is CN(C)C(=O)c1ccc(N2CCC3(CC2)C[C@H]3CCN(C)C(=O)[C@](O)(c2ccccc2)C(F)(F)F)cc1Cl. The van der Waals surface area contributed by atoms with Gasteiger partial charge in [0, 0.05) is 52.0 Å². The highest BCUT2D eigenvalue weighted by atomic mass is 35.5. The van der Waals surface area contributed by atoms with Crippen molar-refractivity contribution in [3.05, 3.63) is 64.7 Å². The lowest BCUT2D eigenvalue weighted by Gasteiger charge is -2.35. The third-order valence-corrected chi connectivity index (χ3v) is 8.46. The van der Waals surface area contributed by atoms with Crippen LogP contribution in [0.25, 0.3) is 0 Å². The number of hydrogen-bond acceptors (Lipinski definition) is 4. The molecule has 2 aromatic rings. The average Bonchev–Trinajstić information content (AvgIpc) is 3.57. The van der Waals surface area contributed by atoms with Gasteiger partial charge in [-0.2, -0.15) is 13.2 Å². The van der Waals surface area contributed by atoms with Crippen LogP contribution >= 0.6 is 11.6 Å². The minimum absolute atomic E-state index is 0.130. The van der Waals surface area contributed by atoms with Crippen molar-refractivity contribution in [3.8, 4) is 0 Å². The number of halogens is 4. The minimum Gasteiger partial charge on any atom is -0.371 e. The van der Waals surface area contributed by atoms with Gasteiger partial charge in [0.1, 0.15) is 0 Å². The first-order valence-corrected chi connectivity index (χ1v) is 13.0. The van der Waals surface area contributed by atoms with Crippen molar-refractivity contribution in [1.29, 1.82) is 0 Å². The second-order valence-corrected chi connectivity index (χ2v) is 11.1. The van der Waals surface area contributed by atoms with E-state index in [-0.39, 0.29) is 17.9 Å². The Labute approximate surface area is 226 Å². The van der Waals surface area contributed by atoms with Crippen molar-refractivity contribution in [2.45, 2.75) is 37.5 Å². The molecule has 1 saturated carbocycles. The largest absolute Gasteiger partial charge is 0.430 e. The van der Waals surface area contributed by atoms with Crippen molar-refractivity contribution >= 4 is 29.1 Å². The number of nitrogens with zero attached hydrogens (tertiary/aromatic N) is 3. The third kappa shape index (κ3) is 5.23. The van der Waals surface area contributed by atoms with Crippen LogP contribution in [-0.4, -0.2) is 73.7 Å². The molecule has 4 rings (SSSR count). The van der Waals surface area contributed by atoms with Gasteiger partial charge in [-0.1, -0.05) is 41.9 Å². The number of anilines is 1. The Morgan fingerprint density at radius 1 is 1.08 bits per heavy atom. The van der Waals surface area contributed by atoms with Gasteiger partial charge in [-0.05, 0) is 55.2 Å². The zero-order valence-electron chi connectivity index (χ0n) is 21.8. The molecule has 1 N–H and O–H groups in total. The second kappa shape index (κ2) is 10.4. The topological polar surface area (TPSA) is 64.1 Å². The Balaban J connectivity index is 1.33. The van der Waals surface area contributed by atoms with Gasteiger partial charge < -0.3 is 19.8 Å². The van der Waals surface area contributed by atoms with E-state index in [4.69, 9.17) is 11.6 Å². The Bertz CT molecular complexity index is 1180. The first-order chi connectivity index (χ1) is 17.8. The summed E-state index contributed by atoms with van der Waals surface area (Å²) in [5, 5.41) is 11.0. The zero-order valence-corrected chi connectivity index (χ0v) is 22.5. The molecule has 1 aliphatic carbocycles. The number of rotatable bonds is 7. The summed E-state index contributed by atoms with van der Waals surface area (Å²) < 4.78 is 41.6. The molecule has 0 unspecified atom stereocenters. The van der Waals surface area contributed by atoms with E-state index in [2.05, 4.69) is 4.90 Å². The maximum Gasteiger partial charge on any atom is 0.430 e. The van der Waals surface area contributed by atoms with E-state index in [1.807, 2.05) is 12.1 Å². The molecule has 0 bridgehead atoms. The van der Waals surface area contributed by atoms with Gasteiger partial charge in [-0.3, -0.25) is 9.59 Å². The Hall–Kier alpha value is -2.78. The van der Waals surface area contributed by atoms with Crippen LogP contribution in [0.3, 0.4) is 0 Å². The molecule has 1 aliphatic heterocycles. The molecule has 2 amide bonds. The summed E-state index contributed by atoms with van der Waals surface area (Å²) in [6.45, 7) is 1.76. The fourth-order valence-electron chi connectivity index (χ4n) is 5.59. The number of amides is 2. The number of likely N-dealkylation sites (N-methyl/N-ethyl adjacent to an activating group) is 1. The van der Waals surface area contributed by atoms with Crippen LogP contribution in [0.4, 0.5) is 18.9 Å². The van der Waals surface area contributed by atoms with Crippen molar-refractivity contribution in [3.63, 3.8) is 0 Å². The summed E-state index contributed by atoms with van der Waals surface area (Å²) in [6.07, 6.45) is -1.72.